The maximum Gasteiger partial charge on any atom is 0.255 e. The van der Waals surface area contributed by atoms with Crippen molar-refractivity contribution in [3.63, 3.8) is 0 Å². The van der Waals surface area contributed by atoms with Crippen LogP contribution in [-0.4, -0.2) is 5.91 Å². The van der Waals surface area contributed by atoms with E-state index in [2.05, 4.69) is 5.32 Å². The van der Waals surface area contributed by atoms with Gasteiger partial charge in [-0.1, -0.05) is 18.2 Å². The van der Waals surface area contributed by atoms with Crippen molar-refractivity contribution >= 4 is 11.6 Å². The van der Waals surface area contributed by atoms with Gasteiger partial charge in [-0.25, -0.2) is 13.2 Å². The molecule has 0 saturated heterocycles. The zero-order valence-electron chi connectivity index (χ0n) is 9.08. The molecule has 2 nitrogen and oxygen atoms in total. The lowest BCUT2D eigenvalue weighted by Crippen LogP contribution is -2.13. The quantitative estimate of drug-likeness (QED) is 0.815. The summed E-state index contributed by atoms with van der Waals surface area (Å²) in [7, 11) is 0. The molecule has 92 valence electrons. The van der Waals surface area contributed by atoms with Gasteiger partial charge in [-0.05, 0) is 24.3 Å². The molecule has 0 radical (unpaired) electrons. The third kappa shape index (κ3) is 2.34. The summed E-state index contributed by atoms with van der Waals surface area (Å²) in [6.07, 6.45) is 0. The van der Waals surface area contributed by atoms with Crippen molar-refractivity contribution in [1.82, 2.24) is 0 Å². The van der Waals surface area contributed by atoms with E-state index >= 15 is 0 Å². The molecule has 0 spiro atoms. The molecule has 2 rings (SSSR count). The number of carbonyl (C=O) groups is 1. The van der Waals surface area contributed by atoms with E-state index in [4.69, 9.17) is 0 Å². The maximum atomic E-state index is 13.3. The molecule has 2 aromatic carbocycles. The third-order valence-corrected chi connectivity index (χ3v) is 2.32. The Kier molecular flexibility index (Phi) is 3.32. The fourth-order valence-corrected chi connectivity index (χ4v) is 1.41. The molecule has 2 aromatic rings. The van der Waals surface area contributed by atoms with Gasteiger partial charge in [-0.15, -0.1) is 0 Å². The SMILES string of the molecule is O=C(Nc1ccc(F)c(F)c1F)c1ccccc1. The Morgan fingerprint density at radius 3 is 2.22 bits per heavy atom. The topological polar surface area (TPSA) is 29.1 Å². The zero-order valence-corrected chi connectivity index (χ0v) is 9.08. The van der Waals surface area contributed by atoms with Gasteiger partial charge < -0.3 is 5.32 Å². The highest BCUT2D eigenvalue weighted by Crippen LogP contribution is 2.20. The third-order valence-electron chi connectivity index (χ3n) is 2.32. The second-order valence-corrected chi connectivity index (χ2v) is 3.54. The minimum atomic E-state index is -1.61. The molecular formula is C13H8F3NO. The minimum absolute atomic E-state index is 0.293. The predicted octanol–water partition coefficient (Wildman–Crippen LogP) is 3.36. The molecule has 0 fully saturated rings. The lowest BCUT2D eigenvalue weighted by atomic mass is 10.2. The van der Waals surface area contributed by atoms with Crippen molar-refractivity contribution in [2.24, 2.45) is 0 Å². The van der Waals surface area contributed by atoms with Gasteiger partial charge in [0, 0.05) is 5.56 Å². The van der Waals surface area contributed by atoms with Gasteiger partial charge >= 0.3 is 0 Å². The first kappa shape index (κ1) is 12.2. The van der Waals surface area contributed by atoms with E-state index in [1.54, 1.807) is 18.2 Å². The number of benzene rings is 2. The summed E-state index contributed by atoms with van der Waals surface area (Å²) in [5.74, 6) is -4.93. The first-order valence-electron chi connectivity index (χ1n) is 5.09. The molecule has 1 N–H and O–H groups in total. The van der Waals surface area contributed by atoms with Gasteiger partial charge in [0.2, 0.25) is 0 Å². The smallest absolute Gasteiger partial charge is 0.255 e. The summed E-state index contributed by atoms with van der Waals surface area (Å²) in [5.41, 5.74) is -0.107. The van der Waals surface area contributed by atoms with E-state index in [1.807, 2.05) is 0 Å². The Morgan fingerprint density at radius 2 is 1.56 bits per heavy atom. The van der Waals surface area contributed by atoms with E-state index in [1.165, 1.54) is 12.1 Å². The summed E-state index contributed by atoms with van der Waals surface area (Å²) in [4.78, 5) is 11.7. The Balaban J connectivity index is 2.26. The normalized spacial score (nSPS) is 10.2. The van der Waals surface area contributed by atoms with Gasteiger partial charge in [-0.3, -0.25) is 4.79 Å². The van der Waals surface area contributed by atoms with E-state index in [0.29, 0.717) is 5.56 Å². The van der Waals surface area contributed by atoms with Crippen LogP contribution < -0.4 is 5.32 Å². The minimum Gasteiger partial charge on any atom is -0.319 e. The van der Waals surface area contributed by atoms with Crippen LogP contribution in [0.5, 0.6) is 0 Å². The van der Waals surface area contributed by atoms with Crippen LogP contribution in [0.25, 0.3) is 0 Å². The van der Waals surface area contributed by atoms with Crippen LogP contribution in [0.15, 0.2) is 42.5 Å². The Bertz CT molecular complexity index is 584. The molecule has 5 heteroatoms. The predicted molar refractivity (Wildman–Crippen MR) is 60.7 cm³/mol. The van der Waals surface area contributed by atoms with Crippen molar-refractivity contribution in [1.29, 1.82) is 0 Å². The number of nitrogens with one attached hydrogen (secondary N) is 1. The lowest BCUT2D eigenvalue weighted by Gasteiger charge is -2.07. The summed E-state index contributed by atoms with van der Waals surface area (Å²) in [6, 6.07) is 9.75. The summed E-state index contributed by atoms with van der Waals surface area (Å²) in [5, 5.41) is 2.17. The molecule has 0 heterocycles. The molecule has 1 amide bonds. The summed E-state index contributed by atoms with van der Waals surface area (Å²) in [6.45, 7) is 0. The second-order valence-electron chi connectivity index (χ2n) is 3.54. The van der Waals surface area contributed by atoms with Crippen molar-refractivity contribution in [3.8, 4) is 0 Å². The molecule has 0 aliphatic rings. The molecule has 0 aromatic heterocycles. The van der Waals surface area contributed by atoms with Crippen molar-refractivity contribution in [2.75, 3.05) is 5.32 Å². The highest BCUT2D eigenvalue weighted by Gasteiger charge is 2.15. The molecule has 0 bridgehead atoms. The Labute approximate surface area is 101 Å². The van der Waals surface area contributed by atoms with E-state index in [0.717, 1.165) is 12.1 Å². The Hall–Kier alpha value is -2.30. The molecule has 0 aliphatic carbocycles. The highest BCUT2D eigenvalue weighted by molar-refractivity contribution is 6.04. The van der Waals surface area contributed by atoms with Crippen LogP contribution in [0, 0.1) is 17.5 Å². The lowest BCUT2D eigenvalue weighted by molar-refractivity contribution is 0.102. The second kappa shape index (κ2) is 4.91. The largest absolute Gasteiger partial charge is 0.319 e. The van der Waals surface area contributed by atoms with Gasteiger partial charge in [-0.2, -0.15) is 0 Å². The van der Waals surface area contributed by atoms with Crippen LogP contribution in [0.4, 0.5) is 18.9 Å². The van der Waals surface area contributed by atoms with Crippen molar-refractivity contribution < 1.29 is 18.0 Å². The first-order valence-corrected chi connectivity index (χ1v) is 5.09. The fourth-order valence-electron chi connectivity index (χ4n) is 1.41. The highest BCUT2D eigenvalue weighted by atomic mass is 19.2. The van der Waals surface area contributed by atoms with Gasteiger partial charge in [0.15, 0.2) is 17.5 Å². The number of hydrogen-bond acceptors (Lipinski definition) is 1. The number of rotatable bonds is 2. The standard InChI is InChI=1S/C13H8F3NO/c14-9-6-7-10(12(16)11(9)15)17-13(18)8-4-2-1-3-5-8/h1-7H,(H,17,18). The van der Waals surface area contributed by atoms with Crippen molar-refractivity contribution in [3.05, 3.63) is 65.5 Å². The Morgan fingerprint density at radius 1 is 0.889 bits per heavy atom. The first-order chi connectivity index (χ1) is 8.59. The fraction of sp³-hybridized carbons (Fsp3) is 0. The molecular weight excluding hydrogens is 243 g/mol. The number of anilines is 1. The maximum absolute atomic E-state index is 13.3. The molecule has 0 saturated carbocycles. The summed E-state index contributed by atoms with van der Waals surface area (Å²) >= 11 is 0. The van der Waals surface area contributed by atoms with Crippen LogP contribution in [0.1, 0.15) is 10.4 Å². The monoisotopic (exact) mass is 251 g/mol. The van der Waals surface area contributed by atoms with E-state index in [9.17, 15) is 18.0 Å². The average Bonchev–Trinajstić information content (AvgIpc) is 2.40. The number of hydrogen-bond donors (Lipinski definition) is 1. The summed E-state index contributed by atoms with van der Waals surface area (Å²) < 4.78 is 38.9. The van der Waals surface area contributed by atoms with Gasteiger partial charge in [0.05, 0.1) is 5.69 Å². The van der Waals surface area contributed by atoms with Crippen LogP contribution in [-0.2, 0) is 0 Å². The average molecular weight is 251 g/mol. The molecule has 0 atom stereocenters. The zero-order chi connectivity index (χ0) is 13.1. The molecule has 18 heavy (non-hydrogen) atoms. The van der Waals surface area contributed by atoms with Gasteiger partial charge in [0.1, 0.15) is 0 Å². The van der Waals surface area contributed by atoms with E-state index in [-0.39, 0.29) is 0 Å². The number of halogens is 3. The number of amides is 1. The molecule has 0 unspecified atom stereocenters. The van der Waals surface area contributed by atoms with Crippen LogP contribution in [0.2, 0.25) is 0 Å². The number of carbonyl (C=O) groups excluding carboxylic acids is 1. The van der Waals surface area contributed by atoms with E-state index < -0.39 is 29.0 Å². The van der Waals surface area contributed by atoms with Gasteiger partial charge in [0.25, 0.3) is 5.91 Å². The van der Waals surface area contributed by atoms with Crippen LogP contribution >= 0.6 is 0 Å². The van der Waals surface area contributed by atoms with Crippen LogP contribution in [0.3, 0.4) is 0 Å². The van der Waals surface area contributed by atoms with Crippen molar-refractivity contribution in [2.45, 2.75) is 0 Å². The molecule has 0 aliphatic heterocycles.